The third-order valence-corrected chi connectivity index (χ3v) is 7.47. The second-order valence-corrected chi connectivity index (χ2v) is 10.5. The first-order chi connectivity index (χ1) is 19.6. The largest absolute Gasteiger partial charge is 0.497 e. The molecule has 4 rings (SSSR count). The molecule has 2 amide bonds. The van der Waals surface area contributed by atoms with E-state index in [4.69, 9.17) is 4.74 Å². The second-order valence-electron chi connectivity index (χ2n) is 10.5. The third kappa shape index (κ3) is 8.29. The summed E-state index contributed by atoms with van der Waals surface area (Å²) >= 11 is 0. The molecule has 1 saturated carbocycles. The predicted molar refractivity (Wildman–Crippen MR) is 149 cm³/mol. The Bertz CT molecular complexity index is 1300. The van der Waals surface area contributed by atoms with E-state index >= 15 is 0 Å². The SMILES string of the molecule is COc1ccc(C2CC2(C)NCCCCC(NC(=O)c2ccc(C(F)(F)F)cc2)C(=O)NCc2ccccn2)cc1. The molecule has 1 aromatic heterocycles. The van der Waals surface area contributed by atoms with E-state index in [1.165, 1.54) is 5.56 Å². The molecule has 1 heterocycles. The number of carbonyl (C=O) groups excluding carboxylic acids is 2. The van der Waals surface area contributed by atoms with Crippen LogP contribution >= 0.6 is 0 Å². The zero-order valence-corrected chi connectivity index (χ0v) is 23.1. The Morgan fingerprint density at radius 1 is 1.05 bits per heavy atom. The molecule has 0 radical (unpaired) electrons. The molecule has 1 aliphatic carbocycles. The van der Waals surface area contributed by atoms with Gasteiger partial charge in [-0.2, -0.15) is 13.2 Å². The van der Waals surface area contributed by atoms with Crippen molar-refractivity contribution in [2.24, 2.45) is 0 Å². The average molecular weight is 569 g/mol. The minimum absolute atomic E-state index is 0.00480. The van der Waals surface area contributed by atoms with E-state index in [0.717, 1.165) is 49.4 Å². The maximum Gasteiger partial charge on any atom is 0.416 e. The summed E-state index contributed by atoms with van der Waals surface area (Å²) in [7, 11) is 1.65. The van der Waals surface area contributed by atoms with Crippen molar-refractivity contribution in [2.75, 3.05) is 13.7 Å². The highest BCUT2D eigenvalue weighted by Gasteiger charge is 2.50. The highest BCUT2D eigenvalue weighted by Crippen LogP contribution is 2.51. The molecule has 0 saturated heterocycles. The Kier molecular flexibility index (Phi) is 9.65. The molecule has 10 heteroatoms. The number of halogens is 3. The van der Waals surface area contributed by atoms with Crippen LogP contribution < -0.4 is 20.7 Å². The van der Waals surface area contributed by atoms with E-state index in [9.17, 15) is 22.8 Å². The van der Waals surface area contributed by atoms with Crippen molar-refractivity contribution in [3.05, 3.63) is 95.3 Å². The van der Waals surface area contributed by atoms with Crippen LogP contribution in [0.25, 0.3) is 0 Å². The number of unbranched alkanes of at least 4 members (excludes halogenated alkanes) is 1. The van der Waals surface area contributed by atoms with Crippen LogP contribution in [0, 0.1) is 0 Å². The van der Waals surface area contributed by atoms with Gasteiger partial charge in [-0.1, -0.05) is 18.2 Å². The van der Waals surface area contributed by atoms with E-state index < -0.39 is 23.7 Å². The number of nitrogens with zero attached hydrogens (tertiary/aromatic N) is 1. The van der Waals surface area contributed by atoms with Crippen molar-refractivity contribution < 1.29 is 27.5 Å². The summed E-state index contributed by atoms with van der Waals surface area (Å²) in [6, 6.07) is 16.5. The highest BCUT2D eigenvalue weighted by molar-refractivity contribution is 5.97. The molecule has 3 aromatic rings. The smallest absolute Gasteiger partial charge is 0.416 e. The van der Waals surface area contributed by atoms with E-state index in [1.807, 2.05) is 18.2 Å². The van der Waals surface area contributed by atoms with E-state index in [0.29, 0.717) is 24.5 Å². The predicted octanol–water partition coefficient (Wildman–Crippen LogP) is 5.23. The average Bonchev–Trinajstić information content (AvgIpc) is 3.66. The third-order valence-electron chi connectivity index (χ3n) is 7.47. The van der Waals surface area contributed by atoms with Crippen LogP contribution in [-0.4, -0.2) is 42.0 Å². The molecule has 1 fully saturated rings. The molecule has 0 bridgehead atoms. The monoisotopic (exact) mass is 568 g/mol. The Hall–Kier alpha value is -3.92. The maximum absolute atomic E-state index is 13.0. The molecule has 7 nitrogen and oxygen atoms in total. The molecule has 3 unspecified atom stereocenters. The zero-order valence-electron chi connectivity index (χ0n) is 23.1. The highest BCUT2D eigenvalue weighted by atomic mass is 19.4. The number of hydrogen-bond acceptors (Lipinski definition) is 5. The van der Waals surface area contributed by atoms with Crippen LogP contribution in [0.4, 0.5) is 13.2 Å². The van der Waals surface area contributed by atoms with Gasteiger partial charge in [-0.25, -0.2) is 0 Å². The molecular weight excluding hydrogens is 533 g/mol. The minimum Gasteiger partial charge on any atom is -0.497 e. The summed E-state index contributed by atoms with van der Waals surface area (Å²) in [6.07, 6.45) is -0.0286. The van der Waals surface area contributed by atoms with Crippen molar-refractivity contribution >= 4 is 11.8 Å². The molecule has 0 spiro atoms. The van der Waals surface area contributed by atoms with Gasteiger partial charge in [-0.3, -0.25) is 14.6 Å². The Labute approximate surface area is 237 Å². The van der Waals surface area contributed by atoms with Gasteiger partial charge in [-0.05, 0) is 93.2 Å². The standard InChI is InChI=1S/C31H35F3N4O3/c1-30(19-26(30)21-11-15-25(41-2)16-12-21)37-18-6-4-8-27(29(40)36-20-24-7-3-5-17-35-24)38-28(39)22-9-13-23(14-10-22)31(32,33)34/h3,5,7,9-17,26-27,37H,4,6,8,18-20H2,1-2H3,(H,36,40)(H,38,39). The van der Waals surface area contributed by atoms with Crippen LogP contribution in [0.5, 0.6) is 5.75 Å². The normalized spacial score (nSPS) is 18.8. The minimum atomic E-state index is -4.50. The van der Waals surface area contributed by atoms with Crippen LogP contribution in [0.15, 0.2) is 72.9 Å². The first-order valence-corrected chi connectivity index (χ1v) is 13.6. The van der Waals surface area contributed by atoms with E-state index in [1.54, 1.807) is 25.4 Å². The summed E-state index contributed by atoms with van der Waals surface area (Å²) in [6.45, 7) is 3.14. The fraction of sp³-hybridized carbons (Fsp3) is 0.387. The lowest BCUT2D eigenvalue weighted by molar-refractivity contribution is -0.137. The summed E-state index contributed by atoms with van der Waals surface area (Å²) in [5.74, 6) is 0.259. The topological polar surface area (TPSA) is 92.4 Å². The van der Waals surface area contributed by atoms with E-state index in [2.05, 4.69) is 40.0 Å². The fourth-order valence-corrected chi connectivity index (χ4v) is 4.85. The number of ether oxygens (including phenoxy) is 1. The number of pyridine rings is 1. The van der Waals surface area contributed by atoms with Crippen molar-refractivity contribution in [3.63, 3.8) is 0 Å². The Morgan fingerprint density at radius 2 is 1.78 bits per heavy atom. The number of rotatable bonds is 13. The van der Waals surface area contributed by atoms with Gasteiger partial charge in [0.05, 0.1) is 24.9 Å². The van der Waals surface area contributed by atoms with E-state index in [-0.39, 0.29) is 23.6 Å². The number of carbonyl (C=O) groups is 2. The van der Waals surface area contributed by atoms with Crippen LogP contribution in [0.3, 0.4) is 0 Å². The summed E-state index contributed by atoms with van der Waals surface area (Å²) in [5.41, 5.74) is 1.14. The molecule has 3 atom stereocenters. The van der Waals surface area contributed by atoms with Crippen LogP contribution in [0.2, 0.25) is 0 Å². The van der Waals surface area contributed by atoms with Crippen molar-refractivity contribution in [1.29, 1.82) is 0 Å². The number of methoxy groups -OCH3 is 1. The fourth-order valence-electron chi connectivity index (χ4n) is 4.85. The zero-order chi connectivity index (χ0) is 29.5. The first kappa shape index (κ1) is 30.0. The lowest BCUT2D eigenvalue weighted by Gasteiger charge is -2.19. The lowest BCUT2D eigenvalue weighted by Crippen LogP contribution is -2.46. The Morgan fingerprint density at radius 3 is 2.41 bits per heavy atom. The quantitative estimate of drug-likeness (QED) is 0.246. The molecule has 218 valence electrons. The van der Waals surface area contributed by atoms with Gasteiger partial charge in [0.2, 0.25) is 5.91 Å². The van der Waals surface area contributed by atoms with Crippen LogP contribution in [-0.2, 0) is 17.5 Å². The molecule has 1 aliphatic rings. The summed E-state index contributed by atoms with van der Waals surface area (Å²) < 4.78 is 44.0. The van der Waals surface area contributed by atoms with Gasteiger partial charge in [0.15, 0.2) is 0 Å². The molecule has 41 heavy (non-hydrogen) atoms. The first-order valence-electron chi connectivity index (χ1n) is 13.6. The van der Waals surface area contributed by atoms with Gasteiger partial charge >= 0.3 is 6.18 Å². The van der Waals surface area contributed by atoms with Gasteiger partial charge in [0.1, 0.15) is 11.8 Å². The summed E-state index contributed by atoms with van der Waals surface area (Å²) in [5, 5.41) is 9.13. The van der Waals surface area contributed by atoms with Gasteiger partial charge in [0, 0.05) is 23.2 Å². The number of amides is 2. The van der Waals surface area contributed by atoms with Gasteiger partial charge in [-0.15, -0.1) is 0 Å². The molecule has 3 N–H and O–H groups in total. The molecule has 2 aromatic carbocycles. The summed E-state index contributed by atoms with van der Waals surface area (Å²) in [4.78, 5) is 30.0. The number of benzene rings is 2. The number of aromatic nitrogens is 1. The second kappa shape index (κ2) is 13.2. The number of hydrogen-bond donors (Lipinski definition) is 3. The van der Waals surface area contributed by atoms with Crippen molar-refractivity contribution in [1.82, 2.24) is 20.9 Å². The van der Waals surface area contributed by atoms with Crippen LogP contribution in [0.1, 0.15) is 65.7 Å². The number of alkyl halides is 3. The molecular formula is C31H35F3N4O3. The van der Waals surface area contributed by atoms with Gasteiger partial charge < -0.3 is 20.7 Å². The van der Waals surface area contributed by atoms with Crippen molar-refractivity contribution in [3.8, 4) is 5.75 Å². The lowest BCUT2D eigenvalue weighted by atomic mass is 10.1. The molecule has 0 aliphatic heterocycles. The Balaban J connectivity index is 1.30. The maximum atomic E-state index is 13.0. The van der Waals surface area contributed by atoms with Gasteiger partial charge in [0.25, 0.3) is 5.91 Å². The number of nitrogens with one attached hydrogen (secondary N) is 3. The van der Waals surface area contributed by atoms with Crippen molar-refractivity contribution in [2.45, 2.75) is 62.8 Å².